The number of aromatic nitrogens is 1. The average molecular weight is 414 g/mol. The monoisotopic (exact) mass is 413 g/mol. The minimum Gasteiger partial charge on any atom is -0.367 e. The van der Waals surface area contributed by atoms with E-state index in [0.717, 1.165) is 85.0 Å². The fourth-order valence-corrected chi connectivity index (χ4v) is 4.65. The summed E-state index contributed by atoms with van der Waals surface area (Å²) < 4.78 is 13.5. The Bertz CT molecular complexity index is 1110. The van der Waals surface area contributed by atoms with Crippen molar-refractivity contribution in [1.29, 1.82) is 5.26 Å². The first-order valence-corrected chi connectivity index (χ1v) is 10.7. The number of nitriles is 1. The third-order valence-electron chi connectivity index (χ3n) is 6.24. The highest BCUT2D eigenvalue weighted by Crippen LogP contribution is 2.37. The lowest BCUT2D eigenvalue weighted by atomic mass is 9.87. The molecule has 1 N–H and O–H groups in total. The lowest BCUT2D eigenvalue weighted by Gasteiger charge is -2.38. The Balaban J connectivity index is 1.52. The molecule has 0 amide bonds. The van der Waals surface area contributed by atoms with Gasteiger partial charge in [0, 0.05) is 38.9 Å². The van der Waals surface area contributed by atoms with Crippen LogP contribution in [0.4, 0.5) is 15.9 Å². The van der Waals surface area contributed by atoms with Crippen LogP contribution in [0.25, 0.3) is 11.1 Å². The molecule has 2 aliphatic heterocycles. The second-order valence-electron chi connectivity index (χ2n) is 7.98. The Hall–Kier alpha value is -3.43. The van der Waals surface area contributed by atoms with Crippen molar-refractivity contribution in [2.24, 2.45) is 0 Å². The van der Waals surface area contributed by atoms with Gasteiger partial charge in [0.1, 0.15) is 17.7 Å². The number of halogens is 1. The number of hydrogen-bond donors (Lipinski definition) is 1. The Morgan fingerprint density at radius 1 is 0.968 bits per heavy atom. The number of piperazine rings is 1. The van der Waals surface area contributed by atoms with Crippen LogP contribution in [0.15, 0.2) is 54.7 Å². The molecule has 1 saturated heterocycles. The smallest absolute Gasteiger partial charge is 0.128 e. The van der Waals surface area contributed by atoms with Crippen molar-refractivity contribution >= 4 is 11.5 Å². The molecule has 31 heavy (non-hydrogen) atoms. The topological polar surface area (TPSA) is 55.2 Å². The highest BCUT2D eigenvalue weighted by molar-refractivity contribution is 5.79. The first-order valence-electron chi connectivity index (χ1n) is 10.7. The summed E-state index contributed by atoms with van der Waals surface area (Å²) in [7, 11) is 0. The second-order valence-corrected chi connectivity index (χ2v) is 7.98. The van der Waals surface area contributed by atoms with E-state index >= 15 is 0 Å². The van der Waals surface area contributed by atoms with Crippen LogP contribution in [0.5, 0.6) is 0 Å². The molecule has 0 aliphatic carbocycles. The van der Waals surface area contributed by atoms with Crippen molar-refractivity contribution in [2.45, 2.75) is 13.0 Å². The summed E-state index contributed by atoms with van der Waals surface area (Å²) >= 11 is 0. The van der Waals surface area contributed by atoms with Gasteiger partial charge in [-0.25, -0.2) is 9.37 Å². The molecule has 6 heteroatoms. The van der Waals surface area contributed by atoms with Gasteiger partial charge in [-0.1, -0.05) is 18.2 Å². The molecule has 156 valence electrons. The summed E-state index contributed by atoms with van der Waals surface area (Å²) in [6, 6.07) is 17.3. The Kier molecular flexibility index (Phi) is 5.27. The molecule has 0 unspecified atom stereocenters. The van der Waals surface area contributed by atoms with Gasteiger partial charge < -0.3 is 15.1 Å². The lowest BCUT2D eigenvalue weighted by Crippen LogP contribution is -2.47. The van der Waals surface area contributed by atoms with E-state index in [2.05, 4.69) is 32.2 Å². The summed E-state index contributed by atoms with van der Waals surface area (Å²) in [6.07, 6.45) is 2.65. The maximum Gasteiger partial charge on any atom is 0.128 e. The fraction of sp³-hybridized carbons (Fsp3) is 0.280. The van der Waals surface area contributed by atoms with Crippen LogP contribution < -0.4 is 15.1 Å². The van der Waals surface area contributed by atoms with Crippen molar-refractivity contribution in [3.05, 3.63) is 77.2 Å². The summed E-state index contributed by atoms with van der Waals surface area (Å²) in [4.78, 5) is 9.07. The maximum atomic E-state index is 13.5. The van der Waals surface area contributed by atoms with Gasteiger partial charge in [-0.15, -0.1) is 0 Å². The number of nitrogens with one attached hydrogen (secondary N) is 1. The third kappa shape index (κ3) is 3.73. The number of pyridine rings is 1. The van der Waals surface area contributed by atoms with E-state index in [9.17, 15) is 9.65 Å². The van der Waals surface area contributed by atoms with Gasteiger partial charge in [-0.2, -0.15) is 5.26 Å². The van der Waals surface area contributed by atoms with E-state index in [1.807, 2.05) is 36.5 Å². The van der Waals surface area contributed by atoms with E-state index in [0.29, 0.717) is 0 Å². The Morgan fingerprint density at radius 3 is 2.45 bits per heavy atom. The number of fused-ring (bicyclic) bond motifs is 1. The molecule has 2 aromatic carbocycles. The van der Waals surface area contributed by atoms with Crippen LogP contribution in [-0.2, 0) is 13.0 Å². The molecular formula is C25H24FN5. The minimum atomic E-state index is -0.241. The summed E-state index contributed by atoms with van der Waals surface area (Å²) in [5.74, 6) is 0.751. The van der Waals surface area contributed by atoms with E-state index < -0.39 is 0 Å². The van der Waals surface area contributed by atoms with Gasteiger partial charge in [-0.05, 0) is 65.6 Å². The zero-order valence-corrected chi connectivity index (χ0v) is 17.3. The zero-order chi connectivity index (χ0) is 21.2. The van der Waals surface area contributed by atoms with Crippen LogP contribution >= 0.6 is 0 Å². The number of nitrogens with zero attached hydrogens (tertiary/aromatic N) is 4. The SMILES string of the molecule is N#Cc1c(N2CCN(c3ccccn3)CC2)cc(-c2ccc(F)cc2)c2c1CCNC2. The largest absolute Gasteiger partial charge is 0.367 e. The Labute approximate surface area is 181 Å². The number of anilines is 2. The van der Waals surface area contributed by atoms with Crippen LogP contribution in [0, 0.1) is 17.1 Å². The van der Waals surface area contributed by atoms with Gasteiger partial charge >= 0.3 is 0 Å². The molecule has 5 rings (SSSR count). The maximum absolute atomic E-state index is 13.5. The van der Waals surface area contributed by atoms with Gasteiger partial charge in [0.25, 0.3) is 0 Å². The van der Waals surface area contributed by atoms with Crippen molar-refractivity contribution in [2.75, 3.05) is 42.5 Å². The molecule has 1 aromatic heterocycles. The Morgan fingerprint density at radius 2 is 1.74 bits per heavy atom. The van der Waals surface area contributed by atoms with Crippen LogP contribution in [0.1, 0.15) is 16.7 Å². The van der Waals surface area contributed by atoms with E-state index in [4.69, 9.17) is 0 Å². The predicted molar refractivity (Wildman–Crippen MR) is 121 cm³/mol. The molecule has 3 aromatic rings. The zero-order valence-electron chi connectivity index (χ0n) is 17.3. The molecular weight excluding hydrogens is 389 g/mol. The molecule has 3 heterocycles. The lowest BCUT2D eigenvalue weighted by molar-refractivity contribution is 0.627. The average Bonchev–Trinajstić information content (AvgIpc) is 2.84. The molecule has 0 spiro atoms. The molecule has 0 atom stereocenters. The first kappa shape index (κ1) is 19.5. The van der Waals surface area contributed by atoms with E-state index in [-0.39, 0.29) is 5.82 Å². The normalized spacial score (nSPS) is 16.0. The van der Waals surface area contributed by atoms with Crippen LogP contribution in [0.2, 0.25) is 0 Å². The summed E-state index contributed by atoms with van der Waals surface area (Å²) in [5, 5.41) is 13.5. The van der Waals surface area contributed by atoms with Crippen molar-refractivity contribution in [3.63, 3.8) is 0 Å². The number of rotatable bonds is 3. The van der Waals surface area contributed by atoms with Crippen molar-refractivity contribution < 1.29 is 4.39 Å². The third-order valence-corrected chi connectivity index (χ3v) is 6.24. The van der Waals surface area contributed by atoms with Gasteiger partial charge in [0.05, 0.1) is 11.3 Å². The first-order chi connectivity index (χ1) is 15.2. The molecule has 2 aliphatic rings. The highest BCUT2D eigenvalue weighted by Gasteiger charge is 2.26. The summed E-state index contributed by atoms with van der Waals surface area (Å²) in [6.45, 7) is 4.95. The molecule has 1 fully saturated rings. The molecule has 0 saturated carbocycles. The van der Waals surface area contributed by atoms with Crippen molar-refractivity contribution in [1.82, 2.24) is 10.3 Å². The van der Waals surface area contributed by atoms with Gasteiger partial charge in [0.2, 0.25) is 0 Å². The minimum absolute atomic E-state index is 0.241. The number of benzene rings is 2. The molecule has 0 radical (unpaired) electrons. The predicted octanol–water partition coefficient (Wildman–Crippen LogP) is 3.73. The van der Waals surface area contributed by atoms with Crippen molar-refractivity contribution in [3.8, 4) is 17.2 Å². The number of hydrogen-bond acceptors (Lipinski definition) is 5. The van der Waals surface area contributed by atoms with Crippen LogP contribution in [-0.4, -0.2) is 37.7 Å². The van der Waals surface area contributed by atoms with E-state index in [1.165, 1.54) is 12.1 Å². The van der Waals surface area contributed by atoms with Gasteiger partial charge in [-0.3, -0.25) is 0 Å². The quantitative estimate of drug-likeness (QED) is 0.709. The molecule has 0 bridgehead atoms. The fourth-order valence-electron chi connectivity index (χ4n) is 4.65. The highest BCUT2D eigenvalue weighted by atomic mass is 19.1. The summed E-state index contributed by atoms with van der Waals surface area (Å²) in [5.41, 5.74) is 6.13. The van der Waals surface area contributed by atoms with E-state index in [1.54, 1.807) is 0 Å². The standard InChI is InChI=1S/C25H24FN5/c26-19-6-4-18(5-7-19)21-15-24(22(16-27)20-8-10-28-17-23(20)21)30-11-13-31(14-12-30)25-3-1-2-9-29-25/h1-7,9,15,28H,8,10-14,17H2. The molecule has 5 nitrogen and oxygen atoms in total. The van der Waals surface area contributed by atoms with Crippen LogP contribution in [0.3, 0.4) is 0 Å². The second kappa shape index (κ2) is 8.37. The van der Waals surface area contributed by atoms with Gasteiger partial charge in [0.15, 0.2) is 0 Å².